The summed E-state index contributed by atoms with van der Waals surface area (Å²) in [5, 5.41) is 9.79. The quantitative estimate of drug-likeness (QED) is 0.273. The number of imidazole rings is 1. The van der Waals surface area contributed by atoms with Crippen LogP contribution in [0, 0.1) is 0 Å². The van der Waals surface area contributed by atoms with E-state index in [1.807, 2.05) is 0 Å². The van der Waals surface area contributed by atoms with Crippen LogP contribution in [0.4, 0.5) is 5.95 Å². The van der Waals surface area contributed by atoms with Crippen molar-refractivity contribution in [3.63, 3.8) is 0 Å². The van der Waals surface area contributed by atoms with Crippen LogP contribution in [0.1, 0.15) is 12.6 Å². The van der Waals surface area contributed by atoms with Gasteiger partial charge in [0, 0.05) is 13.0 Å². The van der Waals surface area contributed by atoms with Gasteiger partial charge < -0.3 is 36.0 Å². The monoisotopic (exact) mass is 364 g/mol. The van der Waals surface area contributed by atoms with Gasteiger partial charge in [0.25, 0.3) is 5.56 Å². The Kier molecular flexibility index (Phi) is 5.35. The van der Waals surface area contributed by atoms with E-state index < -0.39 is 31.8 Å². The number of nitrogens with two attached hydrogens (primary N) is 2. The molecular formula is C10H17N6O7P. The first kappa shape index (κ1) is 18.5. The number of nitrogen functional groups attached to an aromatic ring is 1. The smallest absolute Gasteiger partial charge is 0.390 e. The number of aliphatic hydroxyl groups is 1. The first-order valence-electron chi connectivity index (χ1n) is 6.64. The predicted octanol–water partition coefficient (Wildman–Crippen LogP) is -2.62. The summed E-state index contributed by atoms with van der Waals surface area (Å²) in [5.74, 6) is 0.00757. The fourth-order valence-electron chi connectivity index (χ4n) is 2.25. The van der Waals surface area contributed by atoms with E-state index in [9.17, 15) is 9.90 Å². The molecule has 2 aromatic heterocycles. The average molecular weight is 364 g/mol. The maximum atomic E-state index is 11.7. The second-order valence-electron chi connectivity index (χ2n) is 4.96. The van der Waals surface area contributed by atoms with Gasteiger partial charge in [0.2, 0.25) is 5.95 Å². The van der Waals surface area contributed by atoms with Crippen LogP contribution in [0.3, 0.4) is 0 Å². The molecule has 14 heteroatoms. The number of phosphoric acid groups is 1. The molecular weight excluding hydrogens is 347 g/mol. The van der Waals surface area contributed by atoms with Gasteiger partial charge in [-0.3, -0.25) is 14.3 Å². The van der Waals surface area contributed by atoms with Gasteiger partial charge in [0.05, 0.1) is 18.5 Å². The number of nitrogens with one attached hydrogen (secondary N) is 1. The number of anilines is 1. The number of fused-ring (bicyclic) bond motifs is 1. The number of nitrogens with zero attached hydrogens (tertiary/aromatic N) is 3. The summed E-state index contributed by atoms with van der Waals surface area (Å²) in [6.07, 6.45) is 0.278. The molecule has 13 nitrogen and oxygen atoms in total. The molecule has 3 rings (SSSR count). The Morgan fingerprint density at radius 3 is 2.62 bits per heavy atom. The molecule has 3 atom stereocenters. The summed E-state index contributed by atoms with van der Waals surface area (Å²) in [6.45, 7) is 0.223. The van der Waals surface area contributed by atoms with Crippen molar-refractivity contribution >= 4 is 24.9 Å². The van der Waals surface area contributed by atoms with Gasteiger partial charge in [-0.25, -0.2) is 9.55 Å². The molecule has 0 bridgehead atoms. The lowest BCUT2D eigenvalue weighted by Gasteiger charge is -2.13. The number of rotatable bonds is 2. The molecule has 134 valence electrons. The Bertz CT molecular complexity index is 807. The molecule has 2 aromatic rings. The number of hydrogen-bond acceptors (Lipinski definition) is 8. The minimum Gasteiger partial charge on any atom is -0.390 e. The minimum absolute atomic E-state index is 0.00757. The van der Waals surface area contributed by atoms with E-state index in [-0.39, 0.29) is 18.0 Å². The standard InChI is InChI=1S/C10H14N6O3.H3O4P/c11-2-5-4(17)1-6(19-5)16-3-13-7-8(16)14-10(12)15-9(7)18;1-5(2,3)4/h3-6,17H,1-2,11H2,(H3,12,14,15,18);(H3,1,2,3,4)/t4-,5+,6+;/m0./s1. The van der Waals surface area contributed by atoms with Crippen molar-refractivity contribution in [1.82, 2.24) is 19.5 Å². The number of aliphatic hydroxyl groups excluding tert-OH is 1. The molecule has 0 amide bonds. The molecule has 0 spiro atoms. The summed E-state index contributed by atoms with van der Waals surface area (Å²) in [6, 6.07) is 0. The van der Waals surface area contributed by atoms with Gasteiger partial charge in [-0.1, -0.05) is 0 Å². The predicted molar refractivity (Wildman–Crippen MR) is 80.4 cm³/mol. The first-order chi connectivity index (χ1) is 11.1. The second kappa shape index (κ2) is 6.94. The fraction of sp³-hybridized carbons (Fsp3) is 0.500. The maximum absolute atomic E-state index is 11.7. The first-order valence-corrected chi connectivity index (χ1v) is 8.21. The van der Waals surface area contributed by atoms with E-state index in [4.69, 9.17) is 35.4 Å². The lowest BCUT2D eigenvalue weighted by molar-refractivity contribution is -0.0115. The van der Waals surface area contributed by atoms with E-state index in [1.54, 1.807) is 4.57 Å². The van der Waals surface area contributed by atoms with Crippen LogP contribution < -0.4 is 17.0 Å². The number of aromatic nitrogens is 4. The summed E-state index contributed by atoms with van der Waals surface area (Å²) in [7, 11) is -4.64. The highest BCUT2D eigenvalue weighted by molar-refractivity contribution is 7.45. The van der Waals surface area contributed by atoms with Crippen LogP contribution in [0.25, 0.3) is 11.2 Å². The highest BCUT2D eigenvalue weighted by Crippen LogP contribution is 2.29. The Balaban J connectivity index is 0.000000368. The number of H-pyrrole nitrogens is 1. The topological polar surface area (TPSA) is 223 Å². The van der Waals surface area contributed by atoms with E-state index in [0.29, 0.717) is 12.1 Å². The Morgan fingerprint density at radius 1 is 1.46 bits per heavy atom. The molecule has 3 heterocycles. The molecule has 1 aliphatic heterocycles. The third kappa shape index (κ3) is 4.36. The molecule has 0 radical (unpaired) electrons. The second-order valence-corrected chi connectivity index (χ2v) is 5.98. The normalized spacial score (nSPS) is 24.0. The molecule has 0 saturated carbocycles. The molecule has 1 saturated heterocycles. The summed E-state index contributed by atoms with van der Waals surface area (Å²) in [5.41, 5.74) is 11.1. The van der Waals surface area contributed by atoms with Crippen LogP contribution in [0.5, 0.6) is 0 Å². The summed E-state index contributed by atoms with van der Waals surface area (Å²) >= 11 is 0. The van der Waals surface area contributed by atoms with Crippen molar-refractivity contribution in [2.75, 3.05) is 12.3 Å². The van der Waals surface area contributed by atoms with Crippen molar-refractivity contribution in [3.05, 3.63) is 16.7 Å². The van der Waals surface area contributed by atoms with Crippen LogP contribution in [-0.4, -0.2) is 58.1 Å². The average Bonchev–Trinajstić information content (AvgIpc) is 3.00. The van der Waals surface area contributed by atoms with Gasteiger partial charge in [-0.2, -0.15) is 4.98 Å². The number of hydrogen-bond donors (Lipinski definition) is 7. The molecule has 24 heavy (non-hydrogen) atoms. The molecule has 1 fully saturated rings. The largest absolute Gasteiger partial charge is 0.466 e. The highest BCUT2D eigenvalue weighted by Gasteiger charge is 2.34. The van der Waals surface area contributed by atoms with Crippen LogP contribution in [-0.2, 0) is 9.30 Å². The zero-order valence-electron chi connectivity index (χ0n) is 12.2. The summed E-state index contributed by atoms with van der Waals surface area (Å²) < 4.78 is 16.1. The van der Waals surface area contributed by atoms with Crippen molar-refractivity contribution in [2.24, 2.45) is 5.73 Å². The highest BCUT2D eigenvalue weighted by atomic mass is 31.2. The lowest BCUT2D eigenvalue weighted by atomic mass is 10.2. The fourth-order valence-corrected chi connectivity index (χ4v) is 2.25. The molecule has 0 aliphatic carbocycles. The van der Waals surface area contributed by atoms with Crippen molar-refractivity contribution < 1.29 is 29.1 Å². The Labute approximate surface area is 134 Å². The molecule has 0 aromatic carbocycles. The maximum Gasteiger partial charge on any atom is 0.466 e. The van der Waals surface area contributed by atoms with Crippen molar-refractivity contribution in [2.45, 2.75) is 24.9 Å². The molecule has 9 N–H and O–H groups in total. The number of ether oxygens (including phenoxy) is 1. The minimum atomic E-state index is -4.64. The zero-order chi connectivity index (χ0) is 18.1. The van der Waals surface area contributed by atoms with Crippen molar-refractivity contribution in [1.29, 1.82) is 0 Å². The number of aromatic amines is 1. The van der Waals surface area contributed by atoms with Gasteiger partial charge >= 0.3 is 7.82 Å². The lowest BCUT2D eigenvalue weighted by Crippen LogP contribution is -2.29. The van der Waals surface area contributed by atoms with Crippen LogP contribution in [0.15, 0.2) is 11.1 Å². The third-order valence-electron chi connectivity index (χ3n) is 3.20. The van der Waals surface area contributed by atoms with E-state index in [1.165, 1.54) is 6.33 Å². The summed E-state index contributed by atoms with van der Waals surface area (Å²) in [4.78, 5) is 43.6. The Hall–Kier alpha value is -1.86. The van der Waals surface area contributed by atoms with Gasteiger partial charge in [0.15, 0.2) is 11.2 Å². The SMILES string of the molecule is NC[C@H]1O[C@@H](n2cnc3c(=O)[nH]c(N)nc32)C[C@@H]1O.O=P(O)(O)O. The van der Waals surface area contributed by atoms with E-state index >= 15 is 0 Å². The van der Waals surface area contributed by atoms with E-state index in [0.717, 1.165) is 0 Å². The van der Waals surface area contributed by atoms with Crippen molar-refractivity contribution in [3.8, 4) is 0 Å². The van der Waals surface area contributed by atoms with Gasteiger partial charge in [0.1, 0.15) is 6.23 Å². The van der Waals surface area contributed by atoms with Crippen LogP contribution in [0.2, 0.25) is 0 Å². The molecule has 0 unspecified atom stereocenters. The van der Waals surface area contributed by atoms with Crippen LogP contribution >= 0.6 is 7.82 Å². The Morgan fingerprint density at radius 2 is 2.08 bits per heavy atom. The van der Waals surface area contributed by atoms with E-state index in [2.05, 4.69) is 15.0 Å². The zero-order valence-corrected chi connectivity index (χ0v) is 13.1. The van der Waals surface area contributed by atoms with Gasteiger partial charge in [-0.05, 0) is 0 Å². The third-order valence-corrected chi connectivity index (χ3v) is 3.20. The van der Waals surface area contributed by atoms with Gasteiger partial charge in [-0.15, -0.1) is 0 Å². The molecule has 1 aliphatic rings.